The Balaban J connectivity index is 2.29. The van der Waals surface area contributed by atoms with Crippen LogP contribution in [-0.2, 0) is 22.6 Å². The number of rotatable bonds is 6. The molecule has 0 aliphatic rings. The largest absolute Gasteiger partial charge is 0.433 e. The van der Waals surface area contributed by atoms with Gasteiger partial charge < -0.3 is 0 Å². The first-order valence-electron chi connectivity index (χ1n) is 8.80. The fourth-order valence-corrected chi connectivity index (χ4v) is 4.14. The molecule has 4 nitrogen and oxygen atoms in total. The zero-order valence-electron chi connectivity index (χ0n) is 16.3. The van der Waals surface area contributed by atoms with E-state index in [1.54, 1.807) is 24.3 Å². The maximum absolute atomic E-state index is 14.0. The van der Waals surface area contributed by atoms with Crippen molar-refractivity contribution < 1.29 is 21.6 Å². The molecule has 1 heterocycles. The number of nitrogens with zero attached hydrogens (tertiary/aromatic N) is 2. The third kappa shape index (κ3) is 4.46. The molecule has 0 aliphatic heterocycles. The average Bonchev–Trinajstić information content (AvgIpc) is 3.07. The number of halogens is 3. The maximum Gasteiger partial charge on any atom is 0.433 e. The lowest BCUT2D eigenvalue weighted by molar-refractivity contribution is -0.143. The van der Waals surface area contributed by atoms with Crippen molar-refractivity contribution in [3.63, 3.8) is 0 Å². The average molecular weight is 453 g/mol. The predicted octanol–water partition coefficient (Wildman–Crippen LogP) is 5.55. The van der Waals surface area contributed by atoms with Gasteiger partial charge in [0, 0.05) is 22.3 Å². The van der Waals surface area contributed by atoms with Gasteiger partial charge in [0.15, 0.2) is 15.5 Å². The highest BCUT2D eigenvalue weighted by molar-refractivity contribution is 7.98. The number of hydrogen-bond acceptors (Lipinski definition) is 4. The van der Waals surface area contributed by atoms with Crippen LogP contribution in [0.25, 0.3) is 22.4 Å². The van der Waals surface area contributed by atoms with Crippen LogP contribution in [0.4, 0.5) is 13.2 Å². The molecule has 0 saturated carbocycles. The highest BCUT2D eigenvalue weighted by atomic mass is 32.2. The number of thioether (sulfide) groups is 1. The van der Waals surface area contributed by atoms with Gasteiger partial charge in [-0.15, -0.1) is 18.3 Å². The van der Waals surface area contributed by atoms with E-state index in [0.29, 0.717) is 11.1 Å². The minimum Gasteiger partial charge on any atom is -0.255 e. The Morgan fingerprint density at radius 2 is 1.63 bits per heavy atom. The van der Waals surface area contributed by atoms with Gasteiger partial charge in [0.1, 0.15) is 5.69 Å². The fourth-order valence-electron chi connectivity index (χ4n) is 3.10. The van der Waals surface area contributed by atoms with Crippen molar-refractivity contribution in [2.24, 2.45) is 0 Å². The number of alkyl halides is 3. The van der Waals surface area contributed by atoms with Crippen LogP contribution in [0, 0.1) is 0 Å². The molecule has 0 atom stereocenters. The predicted molar refractivity (Wildman–Crippen MR) is 113 cm³/mol. The topological polar surface area (TPSA) is 52.0 Å². The monoisotopic (exact) mass is 452 g/mol. The molecule has 0 N–H and O–H groups in total. The smallest absolute Gasteiger partial charge is 0.255 e. The van der Waals surface area contributed by atoms with Crippen LogP contribution in [-0.4, -0.2) is 30.7 Å². The number of aromatic nitrogens is 2. The molecule has 0 amide bonds. The first-order chi connectivity index (χ1) is 14.1. The molecule has 0 unspecified atom stereocenters. The SMILES string of the molecule is C=CCn1nc(-c2ccc(S(C)(=O)=O)cc2)c(-c2ccc(SC)cc2)c1C(F)(F)F. The molecule has 0 bridgehead atoms. The van der Waals surface area contributed by atoms with Gasteiger partial charge >= 0.3 is 6.18 Å². The Labute approximate surface area is 177 Å². The second-order valence-electron chi connectivity index (χ2n) is 6.57. The highest BCUT2D eigenvalue weighted by Gasteiger charge is 2.40. The summed E-state index contributed by atoms with van der Waals surface area (Å²) in [5.41, 5.74) is -0.0380. The number of hydrogen-bond donors (Lipinski definition) is 0. The van der Waals surface area contributed by atoms with Crippen molar-refractivity contribution in [1.29, 1.82) is 0 Å². The van der Waals surface area contributed by atoms with Crippen LogP contribution in [0.15, 0.2) is 71.0 Å². The number of sulfone groups is 1. The Kier molecular flexibility index (Phi) is 6.14. The zero-order valence-corrected chi connectivity index (χ0v) is 17.9. The van der Waals surface area contributed by atoms with E-state index in [-0.39, 0.29) is 22.7 Å². The molecule has 0 fully saturated rings. The minimum atomic E-state index is -4.64. The van der Waals surface area contributed by atoms with Crippen molar-refractivity contribution in [3.8, 4) is 22.4 Å². The molecule has 3 rings (SSSR count). The van der Waals surface area contributed by atoms with Crippen molar-refractivity contribution in [1.82, 2.24) is 9.78 Å². The molecule has 2 aromatic carbocycles. The number of benzene rings is 2. The lowest BCUT2D eigenvalue weighted by Crippen LogP contribution is -2.15. The summed E-state index contributed by atoms with van der Waals surface area (Å²) < 4.78 is 66.4. The Hall–Kier alpha value is -2.52. The van der Waals surface area contributed by atoms with Gasteiger partial charge in [0.2, 0.25) is 0 Å². The van der Waals surface area contributed by atoms with E-state index in [9.17, 15) is 21.6 Å². The van der Waals surface area contributed by atoms with Crippen LogP contribution < -0.4 is 0 Å². The van der Waals surface area contributed by atoms with Crippen molar-refractivity contribution >= 4 is 21.6 Å². The van der Waals surface area contributed by atoms with Crippen LogP contribution >= 0.6 is 11.8 Å². The van der Waals surface area contributed by atoms with Gasteiger partial charge in [-0.25, -0.2) is 8.42 Å². The van der Waals surface area contributed by atoms with Gasteiger partial charge in [-0.05, 0) is 36.1 Å². The van der Waals surface area contributed by atoms with Crippen LogP contribution in [0.2, 0.25) is 0 Å². The maximum atomic E-state index is 14.0. The lowest BCUT2D eigenvalue weighted by atomic mass is 9.98. The Bertz CT molecular complexity index is 1160. The van der Waals surface area contributed by atoms with Gasteiger partial charge in [-0.2, -0.15) is 18.3 Å². The third-order valence-corrected chi connectivity index (χ3v) is 6.33. The zero-order chi connectivity index (χ0) is 22.1. The van der Waals surface area contributed by atoms with E-state index in [4.69, 9.17) is 0 Å². The van der Waals surface area contributed by atoms with E-state index in [1.165, 1.54) is 42.1 Å². The summed E-state index contributed by atoms with van der Waals surface area (Å²) in [6.45, 7) is 3.41. The summed E-state index contributed by atoms with van der Waals surface area (Å²) in [6, 6.07) is 12.4. The van der Waals surface area contributed by atoms with Crippen LogP contribution in [0.1, 0.15) is 5.69 Å². The molecule has 0 spiro atoms. The first-order valence-corrected chi connectivity index (χ1v) is 11.9. The molecule has 158 valence electrons. The summed E-state index contributed by atoms with van der Waals surface area (Å²) in [5, 5.41) is 4.22. The van der Waals surface area contributed by atoms with E-state index >= 15 is 0 Å². The molecule has 30 heavy (non-hydrogen) atoms. The first kappa shape index (κ1) is 22.2. The van der Waals surface area contributed by atoms with E-state index < -0.39 is 21.7 Å². The number of allylic oxidation sites excluding steroid dienone is 1. The molecule has 9 heteroatoms. The Morgan fingerprint density at radius 1 is 1.07 bits per heavy atom. The summed E-state index contributed by atoms with van der Waals surface area (Å²) in [6.07, 6.45) is -0.345. The third-order valence-electron chi connectivity index (χ3n) is 4.46. The molecule has 0 radical (unpaired) electrons. The van der Waals surface area contributed by atoms with Crippen molar-refractivity contribution in [2.45, 2.75) is 22.5 Å². The molecular weight excluding hydrogens is 433 g/mol. The summed E-state index contributed by atoms with van der Waals surface area (Å²) >= 11 is 1.49. The normalized spacial score (nSPS) is 12.2. The Morgan fingerprint density at radius 3 is 2.10 bits per heavy atom. The lowest BCUT2D eigenvalue weighted by Gasteiger charge is -2.12. The van der Waals surface area contributed by atoms with E-state index in [1.807, 2.05) is 6.26 Å². The van der Waals surface area contributed by atoms with E-state index in [0.717, 1.165) is 15.8 Å². The van der Waals surface area contributed by atoms with Gasteiger partial charge in [-0.3, -0.25) is 4.68 Å². The highest BCUT2D eigenvalue weighted by Crippen LogP contribution is 2.43. The van der Waals surface area contributed by atoms with Gasteiger partial charge in [0.05, 0.1) is 11.4 Å². The van der Waals surface area contributed by atoms with Crippen molar-refractivity contribution in [2.75, 3.05) is 12.5 Å². The second kappa shape index (κ2) is 8.31. The van der Waals surface area contributed by atoms with Gasteiger partial charge in [0.25, 0.3) is 0 Å². The molecule has 0 saturated heterocycles. The standard InChI is InChI=1S/C21H19F3N2O2S2/c1-4-13-26-20(21(22,23)24)18(14-5-9-16(29-2)10-6-14)19(25-26)15-7-11-17(12-8-15)30(3,27)28/h4-12H,1,13H2,2-3H3. The summed E-state index contributed by atoms with van der Waals surface area (Å²) in [5.74, 6) is 0. The quantitative estimate of drug-likeness (QED) is 0.364. The molecular formula is C21H19F3N2O2S2. The summed E-state index contributed by atoms with van der Waals surface area (Å²) in [4.78, 5) is 1.00. The van der Waals surface area contributed by atoms with Gasteiger partial charge in [-0.1, -0.05) is 30.3 Å². The van der Waals surface area contributed by atoms with E-state index in [2.05, 4.69) is 11.7 Å². The second-order valence-corrected chi connectivity index (χ2v) is 9.46. The fraction of sp³-hybridized carbons (Fsp3) is 0.190. The van der Waals surface area contributed by atoms with Crippen LogP contribution in [0.3, 0.4) is 0 Å². The molecule has 3 aromatic rings. The summed E-state index contributed by atoms with van der Waals surface area (Å²) in [7, 11) is -3.43. The van der Waals surface area contributed by atoms with Crippen LogP contribution in [0.5, 0.6) is 0 Å². The molecule has 0 aliphatic carbocycles. The minimum absolute atomic E-state index is 0.0518. The molecule has 1 aromatic heterocycles. The van der Waals surface area contributed by atoms with Crippen molar-refractivity contribution in [3.05, 3.63) is 66.9 Å².